The number of halogens is 1. The van der Waals surface area contributed by atoms with Gasteiger partial charge in [0.05, 0.1) is 6.42 Å². The standard InChI is InChI=1S/C17H23FO2/c1-12-9-14(10-13(2)16(12)18)5-8-17(11-15(19)20)6-3-4-7-17/h9-10H,3-8,11H2,1-2H3,(H,19,20). The predicted molar refractivity (Wildman–Crippen MR) is 77.3 cm³/mol. The van der Waals surface area contributed by atoms with Crippen molar-refractivity contribution in [3.8, 4) is 0 Å². The second-order valence-corrected chi connectivity index (χ2v) is 6.32. The van der Waals surface area contributed by atoms with Gasteiger partial charge in [-0.2, -0.15) is 0 Å². The Labute approximate surface area is 120 Å². The van der Waals surface area contributed by atoms with Crippen LogP contribution >= 0.6 is 0 Å². The molecule has 0 bridgehead atoms. The number of carboxylic acids is 1. The highest BCUT2D eigenvalue weighted by molar-refractivity contribution is 5.67. The molecule has 1 aliphatic rings. The zero-order valence-electron chi connectivity index (χ0n) is 12.3. The largest absolute Gasteiger partial charge is 0.481 e. The molecule has 110 valence electrons. The van der Waals surface area contributed by atoms with E-state index in [1.165, 1.54) is 0 Å². The molecule has 0 aliphatic heterocycles. The summed E-state index contributed by atoms with van der Waals surface area (Å²) in [6.45, 7) is 3.57. The van der Waals surface area contributed by atoms with Gasteiger partial charge in [-0.15, -0.1) is 0 Å². The van der Waals surface area contributed by atoms with Crippen molar-refractivity contribution in [2.75, 3.05) is 0 Å². The van der Waals surface area contributed by atoms with Crippen LogP contribution in [0, 0.1) is 25.1 Å². The van der Waals surface area contributed by atoms with Crippen molar-refractivity contribution in [2.24, 2.45) is 5.41 Å². The number of carboxylic acid groups (broad SMARTS) is 1. The lowest BCUT2D eigenvalue weighted by Crippen LogP contribution is -2.21. The van der Waals surface area contributed by atoms with Crippen LogP contribution in [0.15, 0.2) is 12.1 Å². The number of hydrogen-bond donors (Lipinski definition) is 1. The summed E-state index contributed by atoms with van der Waals surface area (Å²) < 4.78 is 13.6. The fraction of sp³-hybridized carbons (Fsp3) is 0.588. The highest BCUT2D eigenvalue weighted by Crippen LogP contribution is 2.44. The molecule has 0 heterocycles. The van der Waals surface area contributed by atoms with E-state index in [0.29, 0.717) is 11.1 Å². The monoisotopic (exact) mass is 278 g/mol. The van der Waals surface area contributed by atoms with E-state index in [2.05, 4.69) is 0 Å². The Bertz CT molecular complexity index is 479. The van der Waals surface area contributed by atoms with E-state index in [4.69, 9.17) is 5.11 Å². The average molecular weight is 278 g/mol. The molecule has 0 aromatic heterocycles. The summed E-state index contributed by atoms with van der Waals surface area (Å²) in [4.78, 5) is 11.1. The van der Waals surface area contributed by atoms with E-state index < -0.39 is 5.97 Å². The molecule has 1 N–H and O–H groups in total. The van der Waals surface area contributed by atoms with Gasteiger partial charge in [0.15, 0.2) is 0 Å². The topological polar surface area (TPSA) is 37.3 Å². The van der Waals surface area contributed by atoms with Crippen molar-refractivity contribution in [1.29, 1.82) is 0 Å². The molecule has 20 heavy (non-hydrogen) atoms. The van der Waals surface area contributed by atoms with Crippen LogP contribution in [0.3, 0.4) is 0 Å². The summed E-state index contributed by atoms with van der Waals surface area (Å²) in [6.07, 6.45) is 6.30. The molecule has 1 fully saturated rings. The normalized spacial score (nSPS) is 17.4. The Hall–Kier alpha value is -1.38. The molecule has 2 nitrogen and oxygen atoms in total. The number of rotatable bonds is 5. The number of aryl methyl sites for hydroxylation is 3. The molecule has 0 atom stereocenters. The first-order valence-electron chi connectivity index (χ1n) is 7.39. The van der Waals surface area contributed by atoms with Gasteiger partial charge in [-0.1, -0.05) is 25.0 Å². The van der Waals surface area contributed by atoms with Gasteiger partial charge in [0, 0.05) is 0 Å². The Balaban J connectivity index is 2.08. The van der Waals surface area contributed by atoms with Crippen LogP contribution in [0.4, 0.5) is 4.39 Å². The van der Waals surface area contributed by atoms with E-state index >= 15 is 0 Å². The lowest BCUT2D eigenvalue weighted by Gasteiger charge is -2.27. The molecule has 1 aromatic carbocycles. The molecule has 1 aromatic rings. The highest BCUT2D eigenvalue weighted by Gasteiger charge is 2.35. The lowest BCUT2D eigenvalue weighted by molar-refractivity contribution is -0.139. The zero-order valence-corrected chi connectivity index (χ0v) is 12.3. The molecular weight excluding hydrogens is 255 g/mol. The molecule has 2 rings (SSSR count). The maximum absolute atomic E-state index is 13.6. The van der Waals surface area contributed by atoms with Crippen LogP contribution < -0.4 is 0 Å². The van der Waals surface area contributed by atoms with Gasteiger partial charge in [0.25, 0.3) is 0 Å². The molecule has 0 amide bonds. The second kappa shape index (κ2) is 5.94. The smallest absolute Gasteiger partial charge is 0.303 e. The SMILES string of the molecule is Cc1cc(CCC2(CC(=O)O)CCCC2)cc(C)c1F. The maximum atomic E-state index is 13.6. The minimum absolute atomic E-state index is 0.0397. The second-order valence-electron chi connectivity index (χ2n) is 6.32. The Morgan fingerprint density at radius 3 is 2.30 bits per heavy atom. The Morgan fingerprint density at radius 1 is 1.25 bits per heavy atom. The average Bonchev–Trinajstić information content (AvgIpc) is 2.81. The third-order valence-electron chi connectivity index (χ3n) is 4.63. The van der Waals surface area contributed by atoms with Crippen LogP contribution in [0.1, 0.15) is 55.2 Å². The van der Waals surface area contributed by atoms with Gasteiger partial charge >= 0.3 is 5.97 Å². The number of carbonyl (C=O) groups is 1. The van der Waals surface area contributed by atoms with Crippen LogP contribution in [0.25, 0.3) is 0 Å². The van der Waals surface area contributed by atoms with Crippen LogP contribution in [-0.4, -0.2) is 11.1 Å². The van der Waals surface area contributed by atoms with Crippen LogP contribution in [0.2, 0.25) is 0 Å². The predicted octanol–water partition coefficient (Wildman–Crippen LogP) is 4.41. The lowest BCUT2D eigenvalue weighted by atomic mass is 9.77. The van der Waals surface area contributed by atoms with Gasteiger partial charge < -0.3 is 5.11 Å². The van der Waals surface area contributed by atoms with Crippen molar-refractivity contribution >= 4 is 5.97 Å². The van der Waals surface area contributed by atoms with E-state index in [1.807, 2.05) is 12.1 Å². The van der Waals surface area contributed by atoms with Crippen molar-refractivity contribution in [1.82, 2.24) is 0 Å². The van der Waals surface area contributed by atoms with Crippen molar-refractivity contribution < 1.29 is 14.3 Å². The summed E-state index contributed by atoms with van der Waals surface area (Å²) in [5, 5.41) is 9.11. The van der Waals surface area contributed by atoms with Gasteiger partial charge in [0.1, 0.15) is 5.82 Å². The van der Waals surface area contributed by atoms with Crippen molar-refractivity contribution in [3.05, 3.63) is 34.6 Å². The summed E-state index contributed by atoms with van der Waals surface area (Å²) in [5.74, 6) is -0.826. The zero-order chi connectivity index (χ0) is 14.8. The first kappa shape index (κ1) is 15.0. The van der Waals surface area contributed by atoms with E-state index in [0.717, 1.165) is 44.1 Å². The summed E-state index contributed by atoms with van der Waals surface area (Å²) in [7, 11) is 0. The molecule has 0 saturated heterocycles. The summed E-state index contributed by atoms with van der Waals surface area (Å²) >= 11 is 0. The van der Waals surface area contributed by atoms with E-state index in [9.17, 15) is 9.18 Å². The maximum Gasteiger partial charge on any atom is 0.303 e. The molecule has 0 radical (unpaired) electrons. The molecule has 1 aliphatic carbocycles. The Morgan fingerprint density at radius 2 is 1.80 bits per heavy atom. The van der Waals surface area contributed by atoms with Gasteiger partial charge in [0.2, 0.25) is 0 Å². The molecule has 1 saturated carbocycles. The molecule has 3 heteroatoms. The van der Waals surface area contributed by atoms with Crippen molar-refractivity contribution in [3.63, 3.8) is 0 Å². The van der Waals surface area contributed by atoms with Gasteiger partial charge in [-0.25, -0.2) is 4.39 Å². The summed E-state index contributed by atoms with van der Waals surface area (Å²) in [5.41, 5.74) is 2.44. The van der Waals surface area contributed by atoms with E-state index in [1.54, 1.807) is 13.8 Å². The first-order valence-corrected chi connectivity index (χ1v) is 7.39. The molecule has 0 unspecified atom stereocenters. The fourth-order valence-electron chi connectivity index (χ4n) is 3.55. The first-order chi connectivity index (χ1) is 9.42. The van der Waals surface area contributed by atoms with Gasteiger partial charge in [-0.05, 0) is 61.6 Å². The molecule has 0 spiro atoms. The van der Waals surface area contributed by atoms with E-state index in [-0.39, 0.29) is 17.7 Å². The quantitative estimate of drug-likeness (QED) is 0.866. The molecular formula is C17H23FO2. The van der Waals surface area contributed by atoms with Crippen LogP contribution in [0.5, 0.6) is 0 Å². The third-order valence-corrected chi connectivity index (χ3v) is 4.63. The van der Waals surface area contributed by atoms with Crippen LogP contribution in [-0.2, 0) is 11.2 Å². The van der Waals surface area contributed by atoms with Crippen molar-refractivity contribution in [2.45, 2.75) is 58.8 Å². The fourth-order valence-corrected chi connectivity index (χ4v) is 3.55. The summed E-state index contributed by atoms with van der Waals surface area (Å²) in [6, 6.07) is 3.79. The minimum atomic E-state index is -0.696. The van der Waals surface area contributed by atoms with Gasteiger partial charge in [-0.3, -0.25) is 4.79 Å². The highest BCUT2D eigenvalue weighted by atomic mass is 19.1. The number of aliphatic carboxylic acids is 1. The number of benzene rings is 1. The minimum Gasteiger partial charge on any atom is -0.481 e. The third kappa shape index (κ3) is 3.38. The number of hydrogen-bond acceptors (Lipinski definition) is 1. The Kier molecular flexibility index (Phi) is 4.46.